The van der Waals surface area contributed by atoms with Crippen LogP contribution in [0.5, 0.6) is 0 Å². The minimum Gasteiger partial charge on any atom is -0.324 e. The molecule has 49 valence electrons. The maximum atomic E-state index is 10.6. The summed E-state index contributed by atoms with van der Waals surface area (Å²) in [5, 5.41) is 5.55. The van der Waals surface area contributed by atoms with Crippen LogP contribution in [-0.4, -0.2) is 18.0 Å². The van der Waals surface area contributed by atoms with E-state index in [1.165, 1.54) is 0 Å². The Morgan fingerprint density at radius 3 is 2.56 bits per heavy atom. The Morgan fingerprint density at radius 1 is 1.67 bits per heavy atom. The quantitative estimate of drug-likeness (QED) is 0.488. The average Bonchev–Trinajstić information content (AvgIpc) is 2.10. The highest BCUT2D eigenvalue weighted by molar-refractivity contribution is 6.03. The van der Waals surface area contributed by atoms with E-state index in [0.717, 1.165) is 0 Å². The highest BCUT2D eigenvalue weighted by Crippen LogP contribution is 1.97. The summed E-state index contributed by atoms with van der Waals surface area (Å²) in [4.78, 5) is 20.9. The van der Waals surface area contributed by atoms with E-state index in [-0.39, 0.29) is 11.9 Å². The van der Waals surface area contributed by atoms with Crippen LogP contribution < -0.4 is 10.6 Å². The fourth-order valence-electron chi connectivity index (χ4n) is 0.698. The number of rotatable bonds is 1. The molecule has 1 aliphatic heterocycles. The maximum absolute atomic E-state index is 10.6. The van der Waals surface area contributed by atoms with Crippen molar-refractivity contribution >= 4 is 11.9 Å². The molecule has 1 unspecified atom stereocenters. The van der Waals surface area contributed by atoms with Crippen molar-refractivity contribution in [3.63, 3.8) is 0 Å². The van der Waals surface area contributed by atoms with Gasteiger partial charge in [0.05, 0.1) is 0 Å². The monoisotopic (exact) mass is 127 g/mol. The third kappa shape index (κ3) is 1.01. The van der Waals surface area contributed by atoms with E-state index in [9.17, 15) is 9.59 Å². The van der Waals surface area contributed by atoms with Gasteiger partial charge in [-0.25, -0.2) is 4.79 Å². The van der Waals surface area contributed by atoms with Gasteiger partial charge in [0.15, 0.2) is 0 Å². The van der Waals surface area contributed by atoms with Gasteiger partial charge in [-0.1, -0.05) is 6.92 Å². The Kier molecular flexibility index (Phi) is 1.38. The molecule has 0 aliphatic carbocycles. The van der Waals surface area contributed by atoms with Gasteiger partial charge < -0.3 is 5.32 Å². The molecule has 1 atom stereocenters. The minimum atomic E-state index is -0.508. The smallest absolute Gasteiger partial charge is 0.324 e. The van der Waals surface area contributed by atoms with Crippen LogP contribution in [0.25, 0.3) is 0 Å². The lowest BCUT2D eigenvalue weighted by molar-refractivity contribution is -0.120. The molecule has 4 nitrogen and oxygen atoms in total. The Bertz CT molecular complexity index is 155. The largest absolute Gasteiger partial charge is 0.344 e. The van der Waals surface area contributed by atoms with Crippen LogP contribution in [0.4, 0.5) is 4.79 Å². The number of nitrogens with zero attached hydrogens (tertiary/aromatic N) is 1. The number of hydrogen-bond acceptors (Lipinski definition) is 2. The Hall–Kier alpha value is -1.06. The molecule has 0 saturated carbocycles. The lowest BCUT2D eigenvalue weighted by Gasteiger charge is -1.97. The third-order valence-electron chi connectivity index (χ3n) is 1.22. The summed E-state index contributed by atoms with van der Waals surface area (Å²) in [6.07, 6.45) is 0.619. The van der Waals surface area contributed by atoms with Crippen LogP contribution in [-0.2, 0) is 4.79 Å². The zero-order valence-corrected chi connectivity index (χ0v) is 5.05. The van der Waals surface area contributed by atoms with Crippen molar-refractivity contribution in [3.8, 4) is 0 Å². The summed E-state index contributed by atoms with van der Waals surface area (Å²) in [6, 6.07) is -0.871. The second-order valence-corrected chi connectivity index (χ2v) is 1.86. The first-order valence-electron chi connectivity index (χ1n) is 2.80. The fraction of sp³-hybridized carbons (Fsp3) is 0.600. The molecule has 1 fully saturated rings. The predicted octanol–water partition coefficient (Wildman–Crippen LogP) is -0.381. The summed E-state index contributed by atoms with van der Waals surface area (Å²) in [5.41, 5.74) is 0. The molecule has 1 radical (unpaired) electrons. The Morgan fingerprint density at radius 2 is 2.33 bits per heavy atom. The minimum absolute atomic E-state index is 0.345. The molecule has 0 aromatic rings. The third-order valence-corrected chi connectivity index (χ3v) is 1.22. The van der Waals surface area contributed by atoms with Crippen molar-refractivity contribution in [1.82, 2.24) is 10.6 Å². The molecule has 0 aromatic heterocycles. The summed E-state index contributed by atoms with van der Waals surface area (Å²) in [6.45, 7) is 1.82. The van der Waals surface area contributed by atoms with Crippen molar-refractivity contribution in [2.24, 2.45) is 0 Å². The molecule has 0 aromatic carbocycles. The van der Waals surface area contributed by atoms with E-state index in [2.05, 4.69) is 10.6 Å². The first-order valence-corrected chi connectivity index (χ1v) is 2.80. The molecule has 0 bridgehead atoms. The van der Waals surface area contributed by atoms with Gasteiger partial charge >= 0.3 is 6.03 Å². The van der Waals surface area contributed by atoms with Gasteiger partial charge in [-0.15, -0.1) is 0 Å². The van der Waals surface area contributed by atoms with Gasteiger partial charge in [0.2, 0.25) is 0 Å². The second-order valence-electron chi connectivity index (χ2n) is 1.86. The maximum Gasteiger partial charge on any atom is 0.344 e. The van der Waals surface area contributed by atoms with Gasteiger partial charge in [-0.2, -0.15) is 5.32 Å². The van der Waals surface area contributed by atoms with Crippen LogP contribution in [0.15, 0.2) is 0 Å². The molecule has 1 heterocycles. The number of nitrogens with one attached hydrogen (secondary N) is 1. The molecule has 1 N–H and O–H groups in total. The predicted molar refractivity (Wildman–Crippen MR) is 29.8 cm³/mol. The van der Waals surface area contributed by atoms with Gasteiger partial charge in [0, 0.05) is 0 Å². The highest BCUT2D eigenvalue weighted by Gasteiger charge is 2.29. The van der Waals surface area contributed by atoms with E-state index in [0.29, 0.717) is 6.42 Å². The number of amides is 3. The highest BCUT2D eigenvalue weighted by atomic mass is 16.2. The molecule has 4 heteroatoms. The van der Waals surface area contributed by atoms with E-state index in [1.807, 2.05) is 6.92 Å². The van der Waals surface area contributed by atoms with E-state index >= 15 is 0 Å². The number of imide groups is 1. The van der Waals surface area contributed by atoms with Gasteiger partial charge in [-0.3, -0.25) is 4.79 Å². The fourth-order valence-corrected chi connectivity index (χ4v) is 0.698. The number of hydrogen-bond donors (Lipinski definition) is 1. The summed E-state index contributed by atoms with van der Waals surface area (Å²) in [7, 11) is 0. The van der Waals surface area contributed by atoms with Crippen LogP contribution in [0.3, 0.4) is 0 Å². The van der Waals surface area contributed by atoms with Crippen molar-refractivity contribution < 1.29 is 9.59 Å². The molecular weight excluding hydrogens is 120 g/mol. The standard InChI is InChI=1S/C5H7N2O2/c1-2-3-4(8)7-5(9)6-3/h3H,2H2,1H3,(H,6,9). The number of carbonyl (C=O) groups is 2. The lowest BCUT2D eigenvalue weighted by Crippen LogP contribution is -2.27. The van der Waals surface area contributed by atoms with Gasteiger partial charge in [-0.05, 0) is 6.42 Å². The Balaban J connectivity index is 2.58. The van der Waals surface area contributed by atoms with Crippen molar-refractivity contribution in [2.75, 3.05) is 0 Å². The molecule has 1 aliphatic rings. The molecular formula is C5H7N2O2. The average molecular weight is 127 g/mol. The second kappa shape index (κ2) is 2.05. The van der Waals surface area contributed by atoms with Crippen LogP contribution in [0.1, 0.15) is 13.3 Å². The van der Waals surface area contributed by atoms with E-state index in [4.69, 9.17) is 0 Å². The van der Waals surface area contributed by atoms with Crippen molar-refractivity contribution in [3.05, 3.63) is 0 Å². The van der Waals surface area contributed by atoms with Gasteiger partial charge in [0.25, 0.3) is 5.91 Å². The van der Waals surface area contributed by atoms with Crippen LogP contribution >= 0.6 is 0 Å². The number of carbonyl (C=O) groups excluding carboxylic acids is 2. The summed E-state index contributed by atoms with van der Waals surface area (Å²) >= 11 is 0. The van der Waals surface area contributed by atoms with Gasteiger partial charge in [0.1, 0.15) is 6.04 Å². The Labute approximate surface area is 52.6 Å². The summed E-state index contributed by atoms with van der Waals surface area (Å²) in [5.74, 6) is -0.345. The zero-order valence-electron chi connectivity index (χ0n) is 5.05. The lowest BCUT2D eigenvalue weighted by atomic mass is 10.2. The molecule has 3 amide bonds. The topological polar surface area (TPSA) is 60.3 Å². The molecule has 0 spiro atoms. The van der Waals surface area contributed by atoms with Crippen LogP contribution in [0, 0.1) is 0 Å². The van der Waals surface area contributed by atoms with Crippen LogP contribution in [0.2, 0.25) is 0 Å². The summed E-state index contributed by atoms with van der Waals surface area (Å²) < 4.78 is 0. The van der Waals surface area contributed by atoms with E-state index in [1.54, 1.807) is 0 Å². The van der Waals surface area contributed by atoms with Crippen molar-refractivity contribution in [1.29, 1.82) is 0 Å². The molecule has 9 heavy (non-hydrogen) atoms. The van der Waals surface area contributed by atoms with Crippen molar-refractivity contribution in [2.45, 2.75) is 19.4 Å². The molecule has 1 rings (SSSR count). The zero-order chi connectivity index (χ0) is 6.85. The SMILES string of the molecule is CCC1NC(=O)[N]C1=O. The first kappa shape index (κ1) is 6.07. The first-order chi connectivity index (χ1) is 4.24. The number of urea groups is 1. The molecule has 1 saturated heterocycles. The van der Waals surface area contributed by atoms with E-state index < -0.39 is 6.03 Å². The normalized spacial score (nSPS) is 25.7.